The lowest BCUT2D eigenvalue weighted by atomic mass is 9.81. The monoisotopic (exact) mass is 255 g/mol. The summed E-state index contributed by atoms with van der Waals surface area (Å²) in [5.74, 6) is 0. The molecular weight excluding hydrogens is 230 g/mol. The second kappa shape index (κ2) is 5.50. The molecule has 0 bridgehead atoms. The second-order valence-electron chi connectivity index (χ2n) is 6.23. The summed E-state index contributed by atoms with van der Waals surface area (Å²) in [5.41, 5.74) is 9.91. The summed E-state index contributed by atoms with van der Waals surface area (Å²) in [6.45, 7) is 0. The largest absolute Gasteiger partial charge is 0.323 e. The van der Waals surface area contributed by atoms with E-state index in [1.807, 2.05) is 0 Å². The number of hydrogen-bond acceptors (Lipinski definition) is 1. The molecule has 1 aromatic carbocycles. The van der Waals surface area contributed by atoms with Crippen LogP contribution in [0.25, 0.3) is 0 Å². The zero-order valence-corrected chi connectivity index (χ0v) is 11.8. The molecule has 0 saturated heterocycles. The van der Waals surface area contributed by atoms with E-state index in [0.717, 1.165) is 0 Å². The van der Waals surface area contributed by atoms with E-state index in [9.17, 15) is 0 Å². The number of nitrogens with two attached hydrogens (primary N) is 1. The van der Waals surface area contributed by atoms with Gasteiger partial charge in [0.15, 0.2) is 0 Å². The summed E-state index contributed by atoms with van der Waals surface area (Å²) >= 11 is 0. The molecular formula is C18H25N. The lowest BCUT2D eigenvalue weighted by Gasteiger charge is -2.27. The molecule has 1 heteroatoms. The van der Waals surface area contributed by atoms with Crippen molar-refractivity contribution in [2.45, 2.75) is 62.8 Å². The molecule has 0 radical (unpaired) electrons. The van der Waals surface area contributed by atoms with Crippen molar-refractivity contribution in [3.8, 4) is 0 Å². The van der Waals surface area contributed by atoms with Gasteiger partial charge in [-0.25, -0.2) is 0 Å². The van der Waals surface area contributed by atoms with Crippen LogP contribution in [0.15, 0.2) is 42.0 Å². The van der Waals surface area contributed by atoms with Gasteiger partial charge in [-0.1, -0.05) is 54.8 Å². The zero-order valence-electron chi connectivity index (χ0n) is 11.8. The first kappa shape index (κ1) is 12.9. The van der Waals surface area contributed by atoms with Crippen LogP contribution in [-0.2, 0) is 5.41 Å². The minimum absolute atomic E-state index is 0.244. The quantitative estimate of drug-likeness (QED) is 0.799. The predicted molar refractivity (Wildman–Crippen MR) is 81.1 cm³/mol. The van der Waals surface area contributed by atoms with E-state index >= 15 is 0 Å². The zero-order chi connectivity index (χ0) is 13.1. The van der Waals surface area contributed by atoms with E-state index in [4.69, 9.17) is 5.73 Å². The molecule has 0 spiro atoms. The highest BCUT2D eigenvalue weighted by Gasteiger charge is 2.49. The Morgan fingerprint density at radius 3 is 2.42 bits per heavy atom. The number of benzene rings is 1. The highest BCUT2D eigenvalue weighted by molar-refractivity contribution is 5.38. The van der Waals surface area contributed by atoms with Crippen molar-refractivity contribution in [1.29, 1.82) is 0 Å². The first-order valence-electron chi connectivity index (χ1n) is 7.83. The Morgan fingerprint density at radius 1 is 0.947 bits per heavy atom. The Bertz CT molecular complexity index is 442. The molecule has 2 aliphatic rings. The van der Waals surface area contributed by atoms with E-state index in [2.05, 4.69) is 36.4 Å². The topological polar surface area (TPSA) is 26.0 Å². The molecule has 102 valence electrons. The van der Waals surface area contributed by atoms with Crippen LogP contribution in [-0.4, -0.2) is 6.04 Å². The van der Waals surface area contributed by atoms with Crippen LogP contribution in [0.1, 0.15) is 56.9 Å². The second-order valence-corrected chi connectivity index (χ2v) is 6.23. The van der Waals surface area contributed by atoms with E-state index in [0.29, 0.717) is 0 Å². The molecule has 1 unspecified atom stereocenters. The minimum atomic E-state index is 0.244. The van der Waals surface area contributed by atoms with Gasteiger partial charge in [-0.2, -0.15) is 0 Å². The maximum Gasteiger partial charge on any atom is 0.0352 e. The first-order chi connectivity index (χ1) is 9.33. The number of allylic oxidation sites excluding steroid dienone is 1. The van der Waals surface area contributed by atoms with E-state index in [-0.39, 0.29) is 11.5 Å². The van der Waals surface area contributed by atoms with Gasteiger partial charge in [0.05, 0.1) is 0 Å². The first-order valence-corrected chi connectivity index (χ1v) is 7.83. The molecule has 2 aliphatic carbocycles. The Kier molecular flexibility index (Phi) is 3.74. The number of hydrogen-bond donors (Lipinski definition) is 1. The maximum atomic E-state index is 6.67. The predicted octanol–water partition coefficient (Wildman–Crippen LogP) is 4.33. The number of rotatable bonds is 3. The van der Waals surface area contributed by atoms with Crippen molar-refractivity contribution in [1.82, 2.24) is 0 Å². The molecule has 1 fully saturated rings. The molecule has 0 heterocycles. The fourth-order valence-electron chi connectivity index (χ4n) is 3.54. The smallest absolute Gasteiger partial charge is 0.0352 e. The van der Waals surface area contributed by atoms with Crippen LogP contribution in [0.2, 0.25) is 0 Å². The molecule has 0 aromatic heterocycles. The van der Waals surface area contributed by atoms with Gasteiger partial charge < -0.3 is 5.73 Å². The SMILES string of the molecule is NC(/C1=C/CCCCCC1)C1(c2ccccc2)CC1. The molecule has 1 nitrogen and oxygen atoms in total. The van der Waals surface area contributed by atoms with Crippen LogP contribution in [0.4, 0.5) is 0 Å². The third-order valence-corrected chi connectivity index (χ3v) is 4.96. The van der Waals surface area contributed by atoms with Gasteiger partial charge in [-0.3, -0.25) is 0 Å². The van der Waals surface area contributed by atoms with Crippen molar-refractivity contribution in [2.75, 3.05) is 0 Å². The standard InChI is InChI=1S/C18H25N/c19-17(15-9-5-2-1-3-6-10-15)18(13-14-18)16-11-7-4-8-12-16/h4,7-9,11-12,17H,1-3,5-6,10,13-14,19H2/b15-9+. The molecule has 19 heavy (non-hydrogen) atoms. The summed E-state index contributed by atoms with van der Waals surface area (Å²) in [5, 5.41) is 0. The van der Waals surface area contributed by atoms with Gasteiger partial charge in [0.1, 0.15) is 0 Å². The van der Waals surface area contributed by atoms with Crippen LogP contribution >= 0.6 is 0 Å². The van der Waals surface area contributed by atoms with E-state index < -0.39 is 0 Å². The fraction of sp³-hybridized carbons (Fsp3) is 0.556. The van der Waals surface area contributed by atoms with Crippen LogP contribution in [0.3, 0.4) is 0 Å². The Labute approximate surface area is 116 Å². The van der Waals surface area contributed by atoms with Crippen molar-refractivity contribution in [3.63, 3.8) is 0 Å². The molecule has 0 amide bonds. The summed E-state index contributed by atoms with van der Waals surface area (Å²) in [4.78, 5) is 0. The van der Waals surface area contributed by atoms with Crippen LogP contribution < -0.4 is 5.73 Å². The van der Waals surface area contributed by atoms with Gasteiger partial charge in [0, 0.05) is 11.5 Å². The van der Waals surface area contributed by atoms with Crippen LogP contribution in [0, 0.1) is 0 Å². The van der Waals surface area contributed by atoms with Crippen molar-refractivity contribution >= 4 is 0 Å². The van der Waals surface area contributed by atoms with Gasteiger partial charge in [0.25, 0.3) is 0 Å². The Hall–Kier alpha value is -1.08. The summed E-state index contributed by atoms with van der Waals surface area (Å²) in [7, 11) is 0. The van der Waals surface area contributed by atoms with Gasteiger partial charge in [0.2, 0.25) is 0 Å². The van der Waals surface area contributed by atoms with Crippen LogP contribution in [0.5, 0.6) is 0 Å². The normalized spacial score (nSPS) is 26.7. The lowest BCUT2D eigenvalue weighted by Crippen LogP contribution is -2.36. The van der Waals surface area contributed by atoms with Crippen molar-refractivity contribution in [3.05, 3.63) is 47.5 Å². The van der Waals surface area contributed by atoms with Crippen molar-refractivity contribution in [2.24, 2.45) is 5.73 Å². The third kappa shape index (κ3) is 2.62. The lowest BCUT2D eigenvalue weighted by molar-refractivity contribution is 0.530. The highest BCUT2D eigenvalue weighted by Crippen LogP contribution is 2.52. The molecule has 1 saturated carbocycles. The molecule has 1 aromatic rings. The molecule has 1 atom stereocenters. The summed E-state index contributed by atoms with van der Waals surface area (Å²) < 4.78 is 0. The molecule has 2 N–H and O–H groups in total. The molecule has 0 aliphatic heterocycles. The van der Waals surface area contributed by atoms with Gasteiger partial charge >= 0.3 is 0 Å². The highest BCUT2D eigenvalue weighted by atomic mass is 14.7. The maximum absolute atomic E-state index is 6.67. The Balaban J connectivity index is 1.81. The average Bonchev–Trinajstić information content (AvgIpc) is 3.20. The van der Waals surface area contributed by atoms with Gasteiger partial charge in [-0.15, -0.1) is 0 Å². The third-order valence-electron chi connectivity index (χ3n) is 4.96. The minimum Gasteiger partial charge on any atom is -0.323 e. The van der Waals surface area contributed by atoms with Gasteiger partial charge in [-0.05, 0) is 44.1 Å². The summed E-state index contributed by atoms with van der Waals surface area (Å²) in [6.07, 6.45) is 12.9. The van der Waals surface area contributed by atoms with E-state index in [1.165, 1.54) is 62.5 Å². The molecule has 3 rings (SSSR count). The fourth-order valence-corrected chi connectivity index (χ4v) is 3.54. The Morgan fingerprint density at radius 2 is 1.68 bits per heavy atom. The summed E-state index contributed by atoms with van der Waals surface area (Å²) in [6, 6.07) is 11.2. The van der Waals surface area contributed by atoms with Crippen molar-refractivity contribution < 1.29 is 0 Å². The van der Waals surface area contributed by atoms with E-state index in [1.54, 1.807) is 0 Å². The average molecular weight is 255 g/mol.